The molecule has 2 N–H and O–H groups in total. The molecule has 1 aromatic rings. The van der Waals surface area contributed by atoms with Gasteiger partial charge in [-0.15, -0.1) is 0 Å². The first-order valence-electron chi connectivity index (χ1n) is 6.18. The van der Waals surface area contributed by atoms with Gasteiger partial charge in [-0.25, -0.2) is 0 Å². The lowest BCUT2D eigenvalue weighted by molar-refractivity contribution is -0.385. The number of aliphatic carboxylic acids is 1. The largest absolute Gasteiger partial charge is 0.484 e. The topological polar surface area (TPSA) is 102 Å². The van der Waals surface area contributed by atoms with E-state index in [0.29, 0.717) is 5.56 Å². The molecule has 0 saturated heterocycles. The van der Waals surface area contributed by atoms with E-state index in [1.54, 1.807) is 19.1 Å². The van der Waals surface area contributed by atoms with Crippen LogP contribution in [0, 0.1) is 17.0 Å². The summed E-state index contributed by atoms with van der Waals surface area (Å²) in [7, 11) is 0. The number of nitro benzene ring substituents is 1. The number of carboxylic acid groups (broad SMARTS) is 1. The molecule has 0 saturated carbocycles. The predicted molar refractivity (Wildman–Crippen MR) is 73.0 cm³/mol. The number of carbonyl (C=O) groups is 1. The molecule has 0 bridgehead atoms. The van der Waals surface area contributed by atoms with E-state index in [2.05, 4.69) is 5.32 Å². The zero-order valence-electron chi connectivity index (χ0n) is 11.6. The summed E-state index contributed by atoms with van der Waals surface area (Å²) < 4.78 is 5.37. The van der Waals surface area contributed by atoms with Crippen molar-refractivity contribution in [1.82, 2.24) is 5.32 Å². The van der Waals surface area contributed by atoms with Gasteiger partial charge in [-0.3, -0.25) is 20.2 Å². The molecular weight excluding hydrogens is 264 g/mol. The first-order valence-corrected chi connectivity index (χ1v) is 6.18. The Morgan fingerprint density at radius 2 is 2.15 bits per heavy atom. The fourth-order valence-electron chi connectivity index (χ4n) is 1.73. The summed E-state index contributed by atoms with van der Waals surface area (Å²) in [6.07, 6.45) is 0. The number of para-hydroxylation sites is 1. The zero-order chi connectivity index (χ0) is 15.3. The number of nitro groups is 1. The van der Waals surface area contributed by atoms with Crippen molar-refractivity contribution < 1.29 is 19.6 Å². The third-order valence-electron chi connectivity index (χ3n) is 2.61. The van der Waals surface area contributed by atoms with Crippen LogP contribution in [0.15, 0.2) is 18.2 Å². The number of hydrogen-bond acceptors (Lipinski definition) is 5. The van der Waals surface area contributed by atoms with Crippen LogP contribution in [0.3, 0.4) is 0 Å². The Labute approximate surface area is 116 Å². The van der Waals surface area contributed by atoms with E-state index in [1.165, 1.54) is 6.07 Å². The van der Waals surface area contributed by atoms with Crippen molar-refractivity contribution in [2.24, 2.45) is 0 Å². The number of nitrogens with one attached hydrogen (secondary N) is 1. The first-order chi connectivity index (χ1) is 9.32. The maximum absolute atomic E-state index is 11.1. The summed E-state index contributed by atoms with van der Waals surface area (Å²) in [6.45, 7) is 5.12. The van der Waals surface area contributed by atoms with Gasteiger partial charge in [0.2, 0.25) is 0 Å². The van der Waals surface area contributed by atoms with Crippen molar-refractivity contribution in [1.29, 1.82) is 0 Å². The number of aryl methyl sites for hydroxylation is 1. The molecule has 1 unspecified atom stereocenters. The Bertz CT molecular complexity index is 502. The van der Waals surface area contributed by atoms with E-state index < -0.39 is 16.9 Å². The van der Waals surface area contributed by atoms with Gasteiger partial charge in [-0.05, 0) is 12.5 Å². The van der Waals surface area contributed by atoms with E-state index in [-0.39, 0.29) is 24.1 Å². The number of ether oxygens (including phenoxy) is 1. The van der Waals surface area contributed by atoms with Crippen LogP contribution in [0.4, 0.5) is 5.69 Å². The summed E-state index contributed by atoms with van der Waals surface area (Å²) in [4.78, 5) is 21.5. The van der Waals surface area contributed by atoms with Gasteiger partial charge in [-0.2, -0.15) is 0 Å². The number of rotatable bonds is 7. The SMILES string of the molecule is Cc1cccc([N+](=O)[O-])c1OCC(NC(C)C)C(=O)O. The van der Waals surface area contributed by atoms with E-state index in [9.17, 15) is 14.9 Å². The maximum Gasteiger partial charge on any atom is 0.324 e. The average Bonchev–Trinajstić information content (AvgIpc) is 2.34. The molecule has 0 fully saturated rings. The smallest absolute Gasteiger partial charge is 0.324 e. The second-order valence-corrected chi connectivity index (χ2v) is 4.70. The van der Waals surface area contributed by atoms with Gasteiger partial charge in [0.15, 0.2) is 5.75 Å². The number of carboxylic acids is 1. The van der Waals surface area contributed by atoms with Gasteiger partial charge in [0, 0.05) is 12.1 Å². The minimum atomic E-state index is -1.06. The Balaban J connectivity index is 2.87. The van der Waals surface area contributed by atoms with Gasteiger partial charge in [0.1, 0.15) is 12.6 Å². The van der Waals surface area contributed by atoms with Crippen LogP contribution in [-0.2, 0) is 4.79 Å². The molecule has 0 aromatic heterocycles. The molecule has 20 heavy (non-hydrogen) atoms. The quantitative estimate of drug-likeness (QED) is 0.583. The molecule has 0 aliphatic carbocycles. The third-order valence-corrected chi connectivity index (χ3v) is 2.61. The van der Waals surface area contributed by atoms with Crippen LogP contribution in [0.1, 0.15) is 19.4 Å². The lowest BCUT2D eigenvalue weighted by Crippen LogP contribution is -2.44. The minimum absolute atomic E-state index is 0.0356. The molecule has 1 rings (SSSR count). The molecule has 1 atom stereocenters. The third kappa shape index (κ3) is 4.20. The summed E-state index contributed by atoms with van der Waals surface area (Å²) in [5.74, 6) is -0.954. The van der Waals surface area contributed by atoms with Gasteiger partial charge in [-0.1, -0.05) is 26.0 Å². The van der Waals surface area contributed by atoms with E-state index >= 15 is 0 Å². The van der Waals surface area contributed by atoms with Crippen LogP contribution >= 0.6 is 0 Å². The summed E-state index contributed by atoms with van der Waals surface area (Å²) in [6, 6.07) is 3.60. The Morgan fingerprint density at radius 3 is 2.65 bits per heavy atom. The Kier molecular flexibility index (Phi) is 5.45. The fourth-order valence-corrected chi connectivity index (χ4v) is 1.73. The van der Waals surface area contributed by atoms with Crippen molar-refractivity contribution in [3.05, 3.63) is 33.9 Å². The van der Waals surface area contributed by atoms with E-state index in [1.807, 2.05) is 13.8 Å². The highest BCUT2D eigenvalue weighted by Crippen LogP contribution is 2.30. The lowest BCUT2D eigenvalue weighted by atomic mass is 10.2. The van der Waals surface area contributed by atoms with Crippen LogP contribution in [0.2, 0.25) is 0 Å². The van der Waals surface area contributed by atoms with Crippen LogP contribution in [0.5, 0.6) is 5.75 Å². The molecule has 7 heteroatoms. The lowest BCUT2D eigenvalue weighted by Gasteiger charge is -2.18. The molecule has 0 amide bonds. The Hall–Kier alpha value is -2.15. The van der Waals surface area contributed by atoms with Crippen LogP contribution < -0.4 is 10.1 Å². The van der Waals surface area contributed by atoms with Crippen molar-refractivity contribution in [3.63, 3.8) is 0 Å². The highest BCUT2D eigenvalue weighted by Gasteiger charge is 2.22. The molecular formula is C13H18N2O5. The molecule has 1 aromatic carbocycles. The summed E-state index contributed by atoms with van der Waals surface area (Å²) in [5, 5.41) is 22.8. The van der Waals surface area contributed by atoms with Gasteiger partial charge >= 0.3 is 11.7 Å². The van der Waals surface area contributed by atoms with Crippen LogP contribution in [-0.4, -0.2) is 34.7 Å². The molecule has 0 aliphatic rings. The number of nitrogens with zero attached hydrogens (tertiary/aromatic N) is 1. The van der Waals surface area contributed by atoms with Crippen molar-refractivity contribution in [3.8, 4) is 5.75 Å². The standard InChI is InChI=1S/C13H18N2O5/c1-8(2)14-10(13(16)17)7-20-12-9(3)5-4-6-11(12)15(18)19/h4-6,8,10,14H,7H2,1-3H3,(H,16,17). The molecule has 0 spiro atoms. The summed E-state index contributed by atoms with van der Waals surface area (Å²) >= 11 is 0. The number of hydrogen-bond donors (Lipinski definition) is 2. The second-order valence-electron chi connectivity index (χ2n) is 4.70. The van der Waals surface area contributed by atoms with Gasteiger partial charge < -0.3 is 9.84 Å². The van der Waals surface area contributed by atoms with E-state index in [4.69, 9.17) is 9.84 Å². The predicted octanol–water partition coefficient (Wildman–Crippen LogP) is 1.73. The number of benzene rings is 1. The molecule has 110 valence electrons. The highest BCUT2D eigenvalue weighted by molar-refractivity contribution is 5.73. The normalized spacial score (nSPS) is 12.2. The highest BCUT2D eigenvalue weighted by atomic mass is 16.6. The maximum atomic E-state index is 11.1. The fraction of sp³-hybridized carbons (Fsp3) is 0.462. The molecule has 0 aliphatic heterocycles. The summed E-state index contributed by atoms with van der Waals surface area (Å²) in [5.41, 5.74) is 0.423. The minimum Gasteiger partial charge on any atom is -0.484 e. The molecule has 0 radical (unpaired) electrons. The van der Waals surface area contributed by atoms with E-state index in [0.717, 1.165) is 0 Å². The van der Waals surface area contributed by atoms with Crippen LogP contribution in [0.25, 0.3) is 0 Å². The molecule has 0 heterocycles. The monoisotopic (exact) mass is 282 g/mol. The van der Waals surface area contributed by atoms with Gasteiger partial charge in [0.25, 0.3) is 0 Å². The zero-order valence-corrected chi connectivity index (χ0v) is 11.6. The molecule has 7 nitrogen and oxygen atoms in total. The first kappa shape index (κ1) is 15.9. The average molecular weight is 282 g/mol. The van der Waals surface area contributed by atoms with Crippen molar-refractivity contribution in [2.45, 2.75) is 32.9 Å². The Morgan fingerprint density at radius 1 is 1.50 bits per heavy atom. The van der Waals surface area contributed by atoms with Crippen molar-refractivity contribution in [2.75, 3.05) is 6.61 Å². The second kappa shape index (κ2) is 6.85. The van der Waals surface area contributed by atoms with Crippen molar-refractivity contribution >= 4 is 11.7 Å². The van der Waals surface area contributed by atoms with Gasteiger partial charge in [0.05, 0.1) is 4.92 Å².